The normalized spacial score (nSPS) is 14.6. The third-order valence-electron chi connectivity index (χ3n) is 4.76. The Labute approximate surface area is 157 Å². The molecule has 0 bridgehead atoms. The number of nitriles is 1. The Kier molecular flexibility index (Phi) is 5.87. The summed E-state index contributed by atoms with van der Waals surface area (Å²) in [4.78, 5) is 30.2. The molecule has 1 amide bonds. The molecule has 7 nitrogen and oxygen atoms in total. The van der Waals surface area contributed by atoms with E-state index in [2.05, 4.69) is 21.3 Å². The van der Waals surface area contributed by atoms with Gasteiger partial charge in [0.25, 0.3) is 0 Å². The zero-order chi connectivity index (χ0) is 19.2. The third kappa shape index (κ3) is 4.17. The third-order valence-corrected chi connectivity index (χ3v) is 4.76. The van der Waals surface area contributed by atoms with Gasteiger partial charge < -0.3 is 15.0 Å². The minimum absolute atomic E-state index is 0.0968. The minimum atomic E-state index is -0.426. The molecule has 1 aromatic carbocycles. The SMILES string of the molecule is CCOC(=O)CNC(=O)C1CCN(c2c(C#N)cnc3ccccc23)CC1. The van der Waals surface area contributed by atoms with E-state index in [0.29, 0.717) is 38.1 Å². The van der Waals surface area contributed by atoms with Gasteiger partial charge >= 0.3 is 5.97 Å². The second kappa shape index (κ2) is 8.49. The fraction of sp³-hybridized carbons (Fsp3) is 0.400. The number of nitrogens with zero attached hydrogens (tertiary/aromatic N) is 3. The number of fused-ring (bicyclic) bond motifs is 1. The van der Waals surface area contributed by atoms with Crippen LogP contribution in [-0.4, -0.2) is 43.1 Å². The average molecular weight is 366 g/mol. The molecular weight excluding hydrogens is 344 g/mol. The van der Waals surface area contributed by atoms with Crippen molar-refractivity contribution in [3.05, 3.63) is 36.0 Å². The van der Waals surface area contributed by atoms with Gasteiger partial charge in [0, 0.05) is 30.6 Å². The Morgan fingerprint density at radius 2 is 2.07 bits per heavy atom. The standard InChI is InChI=1S/C20H22N4O3/c1-2-27-18(25)13-23-20(26)14-7-9-24(10-8-14)19-15(11-21)12-22-17-6-4-3-5-16(17)19/h3-6,12,14H,2,7-10,13H2,1H3,(H,23,26). The van der Waals surface area contributed by atoms with Gasteiger partial charge in [0.05, 0.1) is 23.4 Å². The lowest BCUT2D eigenvalue weighted by Crippen LogP contribution is -2.42. The number of aromatic nitrogens is 1. The number of esters is 1. The van der Waals surface area contributed by atoms with Crippen LogP contribution in [0.2, 0.25) is 0 Å². The Hall–Kier alpha value is -3.14. The van der Waals surface area contributed by atoms with Gasteiger partial charge in [-0.25, -0.2) is 0 Å². The van der Waals surface area contributed by atoms with Crippen LogP contribution < -0.4 is 10.2 Å². The molecule has 140 valence electrons. The number of hydrogen-bond acceptors (Lipinski definition) is 6. The summed E-state index contributed by atoms with van der Waals surface area (Å²) in [5.74, 6) is -0.692. The number of para-hydroxylation sites is 1. The summed E-state index contributed by atoms with van der Waals surface area (Å²) in [7, 11) is 0. The van der Waals surface area contributed by atoms with Crippen molar-refractivity contribution in [3.8, 4) is 6.07 Å². The summed E-state index contributed by atoms with van der Waals surface area (Å²) in [5, 5.41) is 13.1. The first kappa shape index (κ1) is 18.6. The van der Waals surface area contributed by atoms with E-state index in [-0.39, 0.29) is 18.4 Å². The lowest BCUT2D eigenvalue weighted by atomic mass is 9.94. The molecule has 3 rings (SSSR count). The van der Waals surface area contributed by atoms with Crippen molar-refractivity contribution in [1.29, 1.82) is 5.26 Å². The molecule has 1 N–H and O–H groups in total. The van der Waals surface area contributed by atoms with E-state index in [1.165, 1.54) is 0 Å². The summed E-state index contributed by atoms with van der Waals surface area (Å²) < 4.78 is 4.82. The van der Waals surface area contributed by atoms with Crippen LogP contribution >= 0.6 is 0 Å². The predicted molar refractivity (Wildman–Crippen MR) is 101 cm³/mol. The van der Waals surface area contributed by atoms with Crippen LogP contribution in [0.15, 0.2) is 30.5 Å². The number of ether oxygens (including phenoxy) is 1. The van der Waals surface area contributed by atoms with Crippen LogP contribution in [0.4, 0.5) is 5.69 Å². The van der Waals surface area contributed by atoms with Gasteiger partial charge in [-0.15, -0.1) is 0 Å². The molecule has 0 unspecified atom stereocenters. The summed E-state index contributed by atoms with van der Waals surface area (Å²) in [6.07, 6.45) is 2.93. The van der Waals surface area contributed by atoms with E-state index in [1.807, 2.05) is 24.3 Å². The Morgan fingerprint density at radius 1 is 1.33 bits per heavy atom. The highest BCUT2D eigenvalue weighted by Gasteiger charge is 2.27. The fourth-order valence-corrected chi connectivity index (χ4v) is 3.43. The molecule has 0 spiro atoms. The summed E-state index contributed by atoms with van der Waals surface area (Å²) in [5.41, 5.74) is 2.27. The van der Waals surface area contributed by atoms with Crippen LogP contribution in [0.5, 0.6) is 0 Å². The van der Waals surface area contributed by atoms with Crippen molar-refractivity contribution in [3.63, 3.8) is 0 Å². The topological polar surface area (TPSA) is 95.3 Å². The fourth-order valence-electron chi connectivity index (χ4n) is 3.43. The number of pyridine rings is 1. The van der Waals surface area contributed by atoms with Gasteiger partial charge in [0.15, 0.2) is 0 Å². The number of hydrogen-bond donors (Lipinski definition) is 1. The highest BCUT2D eigenvalue weighted by molar-refractivity contribution is 5.94. The van der Waals surface area contributed by atoms with Gasteiger partial charge in [-0.1, -0.05) is 18.2 Å². The van der Waals surface area contributed by atoms with E-state index in [0.717, 1.165) is 16.6 Å². The lowest BCUT2D eigenvalue weighted by molar-refractivity contribution is -0.143. The number of carbonyl (C=O) groups excluding carboxylic acids is 2. The molecule has 0 saturated carbocycles. The van der Waals surface area contributed by atoms with Gasteiger partial charge in [-0.3, -0.25) is 14.6 Å². The maximum Gasteiger partial charge on any atom is 0.325 e. The van der Waals surface area contributed by atoms with E-state index in [4.69, 9.17) is 4.74 Å². The molecule has 1 aliphatic rings. The van der Waals surface area contributed by atoms with E-state index >= 15 is 0 Å². The smallest absolute Gasteiger partial charge is 0.325 e. The minimum Gasteiger partial charge on any atom is -0.465 e. The van der Waals surface area contributed by atoms with Gasteiger partial charge in [-0.05, 0) is 25.8 Å². The molecule has 0 radical (unpaired) electrons. The van der Waals surface area contributed by atoms with Gasteiger partial charge in [0.1, 0.15) is 12.6 Å². The van der Waals surface area contributed by atoms with Crippen LogP contribution in [0.3, 0.4) is 0 Å². The average Bonchev–Trinajstić information content (AvgIpc) is 2.71. The monoisotopic (exact) mass is 366 g/mol. The number of piperidine rings is 1. The predicted octanol–water partition coefficient (Wildman–Crippen LogP) is 2.00. The molecule has 27 heavy (non-hydrogen) atoms. The van der Waals surface area contributed by atoms with Gasteiger partial charge in [0.2, 0.25) is 5.91 Å². The number of anilines is 1. The summed E-state index contributed by atoms with van der Waals surface area (Å²) in [6, 6.07) is 9.98. The van der Waals surface area contributed by atoms with Gasteiger partial charge in [-0.2, -0.15) is 5.26 Å². The summed E-state index contributed by atoms with van der Waals surface area (Å²) >= 11 is 0. The Morgan fingerprint density at radius 3 is 2.78 bits per heavy atom. The number of benzene rings is 1. The van der Waals surface area contributed by atoms with Crippen LogP contribution in [-0.2, 0) is 14.3 Å². The number of rotatable bonds is 5. The van der Waals surface area contributed by atoms with Crippen molar-refractivity contribution in [2.45, 2.75) is 19.8 Å². The molecule has 0 atom stereocenters. The molecule has 2 heterocycles. The first-order valence-electron chi connectivity index (χ1n) is 9.10. The molecule has 1 saturated heterocycles. The quantitative estimate of drug-likeness (QED) is 0.813. The highest BCUT2D eigenvalue weighted by Crippen LogP contribution is 2.32. The van der Waals surface area contributed by atoms with Crippen LogP contribution in [0.1, 0.15) is 25.3 Å². The first-order valence-corrected chi connectivity index (χ1v) is 9.10. The Balaban J connectivity index is 1.68. The highest BCUT2D eigenvalue weighted by atomic mass is 16.5. The molecule has 7 heteroatoms. The van der Waals surface area contributed by atoms with E-state index in [9.17, 15) is 14.9 Å². The molecular formula is C20H22N4O3. The van der Waals surface area contributed by atoms with Crippen molar-refractivity contribution in [2.75, 3.05) is 31.1 Å². The number of nitrogens with one attached hydrogen (secondary N) is 1. The van der Waals surface area contributed by atoms with E-state index < -0.39 is 5.97 Å². The van der Waals surface area contributed by atoms with Crippen molar-refractivity contribution in [1.82, 2.24) is 10.3 Å². The zero-order valence-electron chi connectivity index (χ0n) is 15.3. The molecule has 0 aliphatic carbocycles. The lowest BCUT2D eigenvalue weighted by Gasteiger charge is -2.34. The van der Waals surface area contributed by atoms with Crippen molar-refractivity contribution >= 4 is 28.5 Å². The van der Waals surface area contributed by atoms with Crippen LogP contribution in [0, 0.1) is 17.2 Å². The second-order valence-electron chi connectivity index (χ2n) is 6.43. The number of amides is 1. The van der Waals surface area contributed by atoms with Crippen LogP contribution in [0.25, 0.3) is 10.9 Å². The molecule has 2 aromatic rings. The van der Waals surface area contributed by atoms with E-state index in [1.54, 1.807) is 13.1 Å². The summed E-state index contributed by atoms with van der Waals surface area (Å²) in [6.45, 7) is 3.27. The maximum absolute atomic E-state index is 12.3. The largest absolute Gasteiger partial charge is 0.465 e. The first-order chi connectivity index (χ1) is 13.1. The Bertz CT molecular complexity index is 882. The molecule has 1 aromatic heterocycles. The number of carbonyl (C=O) groups is 2. The molecule has 1 aliphatic heterocycles. The molecule has 1 fully saturated rings. The maximum atomic E-state index is 12.3. The van der Waals surface area contributed by atoms with Crippen molar-refractivity contribution in [2.24, 2.45) is 5.92 Å². The zero-order valence-corrected chi connectivity index (χ0v) is 15.3. The van der Waals surface area contributed by atoms with Crippen molar-refractivity contribution < 1.29 is 14.3 Å². The second-order valence-corrected chi connectivity index (χ2v) is 6.43.